The number of hydrogen-bond acceptors (Lipinski definition) is 4. The number of carboxylic acid groups (broad SMARTS) is 1. The van der Waals surface area contributed by atoms with Gasteiger partial charge in [0, 0.05) is 25.2 Å². The monoisotopic (exact) mass is 475 g/mol. The van der Waals surface area contributed by atoms with Crippen LogP contribution in [0.4, 0.5) is 0 Å². The van der Waals surface area contributed by atoms with Gasteiger partial charge in [0.15, 0.2) is 5.96 Å². The van der Waals surface area contributed by atoms with E-state index in [1.54, 1.807) is 12.3 Å². The molecule has 3 aromatic rings. The fourth-order valence-electron chi connectivity index (χ4n) is 3.82. The summed E-state index contributed by atoms with van der Waals surface area (Å²) in [6.07, 6.45) is 2.09. The highest BCUT2D eigenvalue weighted by Gasteiger charge is 2.23. The first-order valence-electron chi connectivity index (χ1n) is 11.2. The molecule has 0 radical (unpaired) electrons. The summed E-state index contributed by atoms with van der Waals surface area (Å²) in [6.45, 7) is 0.551. The first kappa shape index (κ1) is 25.2. The number of nitrogens with zero attached hydrogens (tertiary/aromatic N) is 2. The van der Waals surface area contributed by atoms with Crippen molar-refractivity contribution < 1.29 is 14.7 Å². The second-order valence-electron chi connectivity index (χ2n) is 8.07. The number of nitrogens with two attached hydrogens (primary N) is 2. The van der Waals surface area contributed by atoms with Gasteiger partial charge in [0.1, 0.15) is 11.6 Å². The fraction of sp³-hybridized carbons (Fsp3) is 0.231. The number of benzene rings is 2. The highest BCUT2D eigenvalue weighted by atomic mass is 16.4. The first-order valence-corrected chi connectivity index (χ1v) is 11.2. The summed E-state index contributed by atoms with van der Waals surface area (Å²) in [5.41, 5.74) is 12.0. The molecule has 1 heterocycles. The lowest BCUT2D eigenvalue weighted by Crippen LogP contribution is -2.43. The molecule has 0 unspecified atom stereocenters. The van der Waals surface area contributed by atoms with Crippen molar-refractivity contribution >= 4 is 17.8 Å². The van der Waals surface area contributed by atoms with Gasteiger partial charge in [-0.3, -0.25) is 14.6 Å². The van der Waals surface area contributed by atoms with E-state index < -0.39 is 23.5 Å². The van der Waals surface area contributed by atoms with Gasteiger partial charge in [0.05, 0.1) is 0 Å². The standard InChI is InChI=1S/C26H29N5O4/c27-26(28)29-15-7-14-22(25(34)35)30-23(32)20-13-8-16-31(24(20)33)17-21(18-9-3-1-4-10-18)19-11-5-2-6-12-19/h1-6,8-13,16,21-22H,7,14-15,17H2,(H,30,32)(H,34,35)(H4,27,28,29)/t22-/m0/s1. The minimum Gasteiger partial charge on any atom is -0.480 e. The molecule has 6 N–H and O–H groups in total. The number of guanidine groups is 1. The topological polar surface area (TPSA) is 153 Å². The Morgan fingerprint density at radius 1 is 0.943 bits per heavy atom. The number of rotatable bonds is 11. The average molecular weight is 476 g/mol. The lowest BCUT2D eigenvalue weighted by molar-refractivity contribution is -0.139. The number of carbonyl (C=O) groups is 2. The van der Waals surface area contributed by atoms with Gasteiger partial charge in [-0.05, 0) is 36.1 Å². The lowest BCUT2D eigenvalue weighted by Gasteiger charge is -2.20. The Morgan fingerprint density at radius 3 is 2.09 bits per heavy atom. The van der Waals surface area contributed by atoms with Gasteiger partial charge in [-0.25, -0.2) is 4.79 Å². The molecular formula is C26H29N5O4. The van der Waals surface area contributed by atoms with Gasteiger partial charge in [-0.2, -0.15) is 0 Å². The normalized spacial score (nSPS) is 11.6. The van der Waals surface area contributed by atoms with Gasteiger partial charge < -0.3 is 26.5 Å². The van der Waals surface area contributed by atoms with Crippen LogP contribution in [0.15, 0.2) is 88.8 Å². The first-order chi connectivity index (χ1) is 16.9. The quantitative estimate of drug-likeness (QED) is 0.189. The maximum Gasteiger partial charge on any atom is 0.326 e. The predicted molar refractivity (Wildman–Crippen MR) is 134 cm³/mol. The van der Waals surface area contributed by atoms with Crippen molar-refractivity contribution in [2.75, 3.05) is 6.54 Å². The van der Waals surface area contributed by atoms with Crippen molar-refractivity contribution in [3.63, 3.8) is 0 Å². The second-order valence-corrected chi connectivity index (χ2v) is 8.07. The van der Waals surface area contributed by atoms with Crippen LogP contribution in [0.3, 0.4) is 0 Å². The predicted octanol–water partition coefficient (Wildman–Crippen LogP) is 1.92. The van der Waals surface area contributed by atoms with Crippen molar-refractivity contribution in [3.8, 4) is 0 Å². The number of hydrogen-bond donors (Lipinski definition) is 4. The van der Waals surface area contributed by atoms with Crippen LogP contribution >= 0.6 is 0 Å². The number of pyridine rings is 1. The maximum atomic E-state index is 13.2. The van der Waals surface area contributed by atoms with E-state index >= 15 is 0 Å². The molecule has 1 amide bonds. The van der Waals surface area contributed by atoms with Gasteiger partial charge >= 0.3 is 5.97 Å². The molecule has 0 saturated heterocycles. The van der Waals surface area contributed by atoms with E-state index in [1.807, 2.05) is 60.7 Å². The largest absolute Gasteiger partial charge is 0.480 e. The highest BCUT2D eigenvalue weighted by Crippen LogP contribution is 2.25. The summed E-state index contributed by atoms with van der Waals surface area (Å²) < 4.78 is 1.48. The van der Waals surface area contributed by atoms with E-state index in [-0.39, 0.29) is 30.4 Å². The number of aliphatic imine (C=N–C) groups is 1. The molecule has 0 aliphatic rings. The molecule has 0 aliphatic heterocycles. The van der Waals surface area contributed by atoms with Crippen LogP contribution in [0.25, 0.3) is 0 Å². The Balaban J connectivity index is 1.81. The highest BCUT2D eigenvalue weighted by molar-refractivity contribution is 5.96. The third-order valence-corrected chi connectivity index (χ3v) is 5.60. The van der Waals surface area contributed by atoms with Crippen LogP contribution in [-0.2, 0) is 11.3 Å². The summed E-state index contributed by atoms with van der Waals surface area (Å²) in [7, 11) is 0. The number of carboxylic acids is 1. The molecule has 1 aromatic heterocycles. The molecule has 0 spiro atoms. The zero-order chi connectivity index (χ0) is 25.2. The van der Waals surface area contributed by atoms with E-state index in [1.165, 1.54) is 10.6 Å². The molecular weight excluding hydrogens is 446 g/mol. The molecule has 35 heavy (non-hydrogen) atoms. The fourth-order valence-corrected chi connectivity index (χ4v) is 3.82. The van der Waals surface area contributed by atoms with Crippen LogP contribution in [0.2, 0.25) is 0 Å². The summed E-state index contributed by atoms with van der Waals surface area (Å²) in [6, 6.07) is 21.5. The van der Waals surface area contributed by atoms with Crippen molar-refractivity contribution in [2.45, 2.75) is 31.3 Å². The molecule has 2 aromatic carbocycles. The molecule has 0 fully saturated rings. The van der Waals surface area contributed by atoms with E-state index in [0.29, 0.717) is 13.0 Å². The van der Waals surface area contributed by atoms with Crippen molar-refractivity contribution in [2.24, 2.45) is 16.5 Å². The third kappa shape index (κ3) is 7.04. The van der Waals surface area contributed by atoms with E-state index in [4.69, 9.17) is 11.5 Å². The molecule has 9 heteroatoms. The van der Waals surface area contributed by atoms with Gasteiger partial charge in [-0.1, -0.05) is 60.7 Å². The molecule has 1 atom stereocenters. The van der Waals surface area contributed by atoms with E-state index in [0.717, 1.165) is 11.1 Å². The number of aliphatic carboxylic acids is 1. The Kier molecular flexibility index (Phi) is 8.77. The molecule has 0 aliphatic carbocycles. The van der Waals surface area contributed by atoms with Crippen molar-refractivity contribution in [3.05, 3.63) is 106 Å². The van der Waals surface area contributed by atoms with Gasteiger partial charge in [0.2, 0.25) is 0 Å². The van der Waals surface area contributed by atoms with Crippen LogP contribution in [0, 0.1) is 0 Å². The number of nitrogens with one attached hydrogen (secondary N) is 1. The third-order valence-electron chi connectivity index (χ3n) is 5.60. The molecule has 182 valence electrons. The van der Waals surface area contributed by atoms with Crippen LogP contribution in [-0.4, -0.2) is 40.1 Å². The molecule has 0 saturated carbocycles. The van der Waals surface area contributed by atoms with Gasteiger partial charge in [-0.15, -0.1) is 0 Å². The summed E-state index contributed by atoms with van der Waals surface area (Å²) in [5.74, 6) is -2.15. The van der Waals surface area contributed by atoms with E-state index in [9.17, 15) is 19.5 Å². The van der Waals surface area contributed by atoms with E-state index in [2.05, 4.69) is 10.3 Å². The Morgan fingerprint density at radius 2 is 1.54 bits per heavy atom. The van der Waals surface area contributed by atoms with Crippen molar-refractivity contribution in [1.29, 1.82) is 0 Å². The Bertz CT molecular complexity index is 1180. The van der Waals surface area contributed by atoms with Crippen LogP contribution in [0.5, 0.6) is 0 Å². The number of amides is 1. The van der Waals surface area contributed by atoms with Gasteiger partial charge in [0.25, 0.3) is 11.5 Å². The number of carbonyl (C=O) groups excluding carboxylic acids is 1. The molecule has 9 nitrogen and oxygen atoms in total. The van der Waals surface area contributed by atoms with Crippen molar-refractivity contribution in [1.82, 2.24) is 9.88 Å². The Labute approximate surface area is 203 Å². The Hall–Kier alpha value is -4.40. The number of aromatic nitrogens is 1. The summed E-state index contributed by atoms with van der Waals surface area (Å²) in [5, 5.41) is 11.9. The molecule has 3 rings (SSSR count). The lowest BCUT2D eigenvalue weighted by atomic mass is 9.91. The zero-order valence-corrected chi connectivity index (χ0v) is 19.2. The average Bonchev–Trinajstić information content (AvgIpc) is 2.86. The maximum absolute atomic E-state index is 13.2. The SMILES string of the molecule is NC(N)=NCCC[C@H](NC(=O)c1cccn(CC(c2ccccc2)c2ccccc2)c1=O)C(=O)O. The second kappa shape index (κ2) is 12.2. The minimum atomic E-state index is -1.20. The summed E-state index contributed by atoms with van der Waals surface area (Å²) in [4.78, 5) is 41.5. The van der Waals surface area contributed by atoms with Crippen LogP contribution in [0.1, 0.15) is 40.2 Å². The minimum absolute atomic E-state index is 0.0879. The summed E-state index contributed by atoms with van der Waals surface area (Å²) >= 11 is 0. The van der Waals surface area contributed by atoms with Crippen LogP contribution < -0.4 is 22.3 Å². The smallest absolute Gasteiger partial charge is 0.326 e. The zero-order valence-electron chi connectivity index (χ0n) is 19.2. The molecule has 0 bridgehead atoms.